The number of halogens is 2. The van der Waals surface area contributed by atoms with Crippen molar-refractivity contribution in [2.24, 2.45) is 11.7 Å². The van der Waals surface area contributed by atoms with E-state index in [0.717, 1.165) is 4.31 Å². The van der Waals surface area contributed by atoms with Gasteiger partial charge < -0.3 is 11.5 Å². The van der Waals surface area contributed by atoms with Gasteiger partial charge in [-0.15, -0.1) is 0 Å². The Labute approximate surface area is 134 Å². The molecular weight excluding hydrogens is 337 g/mol. The van der Waals surface area contributed by atoms with Crippen LogP contribution in [-0.4, -0.2) is 31.7 Å². The van der Waals surface area contributed by atoms with Crippen LogP contribution in [0.15, 0.2) is 17.0 Å². The van der Waals surface area contributed by atoms with Crippen molar-refractivity contribution >= 4 is 44.8 Å². The normalized spacial score (nSPS) is 12.1. The fourth-order valence-corrected chi connectivity index (χ4v) is 4.32. The molecule has 0 saturated carbocycles. The summed E-state index contributed by atoms with van der Waals surface area (Å²) in [5, 5.41) is 0.125. The molecule has 118 valence electrons. The minimum absolute atomic E-state index is 0.00794. The van der Waals surface area contributed by atoms with Gasteiger partial charge in [-0.1, -0.05) is 37.0 Å². The monoisotopic (exact) mass is 353 g/mol. The van der Waals surface area contributed by atoms with Crippen LogP contribution in [0.2, 0.25) is 10.0 Å². The second-order valence-electron chi connectivity index (χ2n) is 4.96. The van der Waals surface area contributed by atoms with Crippen LogP contribution in [0.5, 0.6) is 0 Å². The van der Waals surface area contributed by atoms with Crippen LogP contribution in [0.4, 0.5) is 5.69 Å². The van der Waals surface area contributed by atoms with Crippen molar-refractivity contribution in [3.63, 3.8) is 0 Å². The molecule has 0 aliphatic rings. The number of amides is 1. The number of hydrogen-bond donors (Lipinski definition) is 2. The highest BCUT2D eigenvalue weighted by Gasteiger charge is 2.30. The summed E-state index contributed by atoms with van der Waals surface area (Å²) < 4.78 is 26.3. The Morgan fingerprint density at radius 1 is 1.33 bits per heavy atom. The lowest BCUT2D eigenvalue weighted by Gasteiger charge is -2.24. The maximum absolute atomic E-state index is 12.7. The minimum Gasteiger partial charge on any atom is -0.398 e. The van der Waals surface area contributed by atoms with Gasteiger partial charge in [-0.2, -0.15) is 4.31 Å². The molecule has 9 heteroatoms. The van der Waals surface area contributed by atoms with E-state index in [1.807, 2.05) is 13.8 Å². The molecule has 1 rings (SSSR count). The van der Waals surface area contributed by atoms with Crippen LogP contribution in [0.1, 0.15) is 13.8 Å². The number of nitrogens with two attached hydrogens (primary N) is 2. The Hall–Kier alpha value is -1.02. The van der Waals surface area contributed by atoms with E-state index in [4.69, 9.17) is 34.7 Å². The molecule has 0 aliphatic carbocycles. The summed E-state index contributed by atoms with van der Waals surface area (Å²) in [6.07, 6.45) is 0. The molecule has 6 nitrogen and oxygen atoms in total. The predicted molar refractivity (Wildman–Crippen MR) is 83.7 cm³/mol. The second kappa shape index (κ2) is 6.83. The van der Waals surface area contributed by atoms with E-state index < -0.39 is 22.5 Å². The standard InChI is InChI=1S/C12H17Cl2N3O3S/c1-7(2)5-17(6-11(16)18)21(19,20)12-9(14)3-8(13)4-10(12)15/h3-4,7H,5-6,15H2,1-2H3,(H2,16,18). The Morgan fingerprint density at radius 3 is 2.33 bits per heavy atom. The number of sulfonamides is 1. The van der Waals surface area contributed by atoms with Gasteiger partial charge in [0.25, 0.3) is 0 Å². The number of nitrogen functional groups attached to an aromatic ring is 1. The maximum atomic E-state index is 12.7. The van der Waals surface area contributed by atoms with Crippen molar-refractivity contribution in [1.82, 2.24) is 4.31 Å². The van der Waals surface area contributed by atoms with Gasteiger partial charge in [0.15, 0.2) is 0 Å². The Bertz CT molecular complexity index is 624. The molecule has 21 heavy (non-hydrogen) atoms. The largest absolute Gasteiger partial charge is 0.398 e. The first-order valence-electron chi connectivity index (χ1n) is 6.08. The van der Waals surface area contributed by atoms with E-state index in [1.165, 1.54) is 12.1 Å². The molecule has 0 fully saturated rings. The summed E-state index contributed by atoms with van der Waals surface area (Å²) in [5.74, 6) is -0.769. The first kappa shape index (κ1) is 18.0. The number of carbonyl (C=O) groups is 1. The number of nitrogens with zero attached hydrogens (tertiary/aromatic N) is 1. The van der Waals surface area contributed by atoms with E-state index in [0.29, 0.717) is 0 Å². The van der Waals surface area contributed by atoms with E-state index in [2.05, 4.69) is 0 Å². The summed E-state index contributed by atoms with van der Waals surface area (Å²) in [4.78, 5) is 10.9. The van der Waals surface area contributed by atoms with Crippen molar-refractivity contribution in [3.05, 3.63) is 22.2 Å². The smallest absolute Gasteiger partial charge is 0.247 e. The molecule has 0 spiro atoms. The van der Waals surface area contributed by atoms with Gasteiger partial charge in [-0.25, -0.2) is 8.42 Å². The summed E-state index contributed by atoms with van der Waals surface area (Å²) in [5.41, 5.74) is 10.8. The van der Waals surface area contributed by atoms with Gasteiger partial charge in [0.1, 0.15) is 4.90 Å². The molecule has 0 radical (unpaired) electrons. The van der Waals surface area contributed by atoms with Crippen molar-refractivity contribution < 1.29 is 13.2 Å². The average Bonchev–Trinajstić information content (AvgIpc) is 2.24. The third-order valence-electron chi connectivity index (χ3n) is 2.54. The summed E-state index contributed by atoms with van der Waals surface area (Å²) in [6, 6.07) is 2.57. The van der Waals surface area contributed by atoms with Crippen molar-refractivity contribution in [3.8, 4) is 0 Å². The SMILES string of the molecule is CC(C)CN(CC(N)=O)S(=O)(=O)c1c(N)cc(Cl)cc1Cl. The molecule has 0 aliphatic heterocycles. The summed E-state index contributed by atoms with van der Waals surface area (Å²) in [6.45, 7) is 3.30. The van der Waals surface area contributed by atoms with Crippen LogP contribution in [0, 0.1) is 5.92 Å². The highest BCUT2D eigenvalue weighted by atomic mass is 35.5. The third kappa shape index (κ3) is 4.47. The maximum Gasteiger partial charge on any atom is 0.247 e. The number of anilines is 1. The number of rotatable bonds is 6. The molecule has 1 aromatic rings. The molecule has 0 unspecified atom stereocenters. The number of carbonyl (C=O) groups excluding carboxylic acids is 1. The first-order valence-corrected chi connectivity index (χ1v) is 8.28. The zero-order valence-corrected chi connectivity index (χ0v) is 14.0. The van der Waals surface area contributed by atoms with Crippen LogP contribution >= 0.6 is 23.2 Å². The van der Waals surface area contributed by atoms with Crippen LogP contribution in [0.25, 0.3) is 0 Å². The number of benzene rings is 1. The first-order chi connectivity index (χ1) is 9.55. The fourth-order valence-electron chi connectivity index (χ4n) is 1.81. The topological polar surface area (TPSA) is 106 Å². The van der Waals surface area contributed by atoms with Gasteiger partial charge in [0.2, 0.25) is 15.9 Å². The van der Waals surface area contributed by atoms with Crippen LogP contribution < -0.4 is 11.5 Å². The summed E-state index contributed by atoms with van der Waals surface area (Å²) in [7, 11) is -4.05. The molecule has 0 saturated heterocycles. The van der Waals surface area contributed by atoms with Gasteiger partial charge >= 0.3 is 0 Å². The minimum atomic E-state index is -4.05. The molecule has 0 aromatic heterocycles. The third-order valence-corrected chi connectivity index (χ3v) is 5.09. The van der Waals surface area contributed by atoms with Gasteiger partial charge in [-0.3, -0.25) is 4.79 Å². The molecule has 0 bridgehead atoms. The lowest BCUT2D eigenvalue weighted by Crippen LogP contribution is -2.40. The van der Waals surface area contributed by atoms with Crippen LogP contribution in [-0.2, 0) is 14.8 Å². The lowest BCUT2D eigenvalue weighted by molar-refractivity contribution is -0.118. The quantitative estimate of drug-likeness (QED) is 0.759. The lowest BCUT2D eigenvalue weighted by atomic mass is 10.2. The highest BCUT2D eigenvalue weighted by Crippen LogP contribution is 2.33. The summed E-state index contributed by atoms with van der Waals surface area (Å²) >= 11 is 11.7. The molecule has 1 aromatic carbocycles. The van der Waals surface area contributed by atoms with Crippen molar-refractivity contribution in [2.45, 2.75) is 18.7 Å². The van der Waals surface area contributed by atoms with Gasteiger partial charge in [-0.05, 0) is 18.1 Å². The predicted octanol–water partition coefficient (Wildman–Crippen LogP) is 1.71. The zero-order chi connectivity index (χ0) is 16.4. The molecule has 0 atom stereocenters. The fraction of sp³-hybridized carbons (Fsp3) is 0.417. The van der Waals surface area contributed by atoms with Gasteiger partial charge in [0.05, 0.1) is 17.3 Å². The number of primary amides is 1. The van der Waals surface area contributed by atoms with E-state index in [-0.39, 0.29) is 33.1 Å². The van der Waals surface area contributed by atoms with Crippen molar-refractivity contribution in [2.75, 3.05) is 18.8 Å². The molecule has 0 heterocycles. The Morgan fingerprint density at radius 2 is 1.90 bits per heavy atom. The highest BCUT2D eigenvalue weighted by molar-refractivity contribution is 7.89. The van der Waals surface area contributed by atoms with E-state index in [9.17, 15) is 13.2 Å². The zero-order valence-electron chi connectivity index (χ0n) is 11.6. The molecule has 4 N–H and O–H groups in total. The Kier molecular flexibility index (Phi) is 5.86. The van der Waals surface area contributed by atoms with Crippen molar-refractivity contribution in [1.29, 1.82) is 0 Å². The molecular formula is C12H17Cl2N3O3S. The average molecular weight is 354 g/mol. The van der Waals surface area contributed by atoms with Gasteiger partial charge in [0, 0.05) is 11.6 Å². The molecule has 1 amide bonds. The van der Waals surface area contributed by atoms with E-state index >= 15 is 0 Å². The van der Waals surface area contributed by atoms with Crippen LogP contribution in [0.3, 0.4) is 0 Å². The second-order valence-corrected chi connectivity index (χ2v) is 7.68. The van der Waals surface area contributed by atoms with E-state index in [1.54, 1.807) is 0 Å². The Balaban J connectivity index is 3.38. The number of hydrogen-bond acceptors (Lipinski definition) is 4.